The van der Waals surface area contributed by atoms with Gasteiger partial charge in [0.05, 0.1) is 6.54 Å². The zero-order chi connectivity index (χ0) is 17.6. The molecule has 2 aliphatic heterocycles. The standard InChI is InChI=1S/C18H28N4O3/c1-2-8-21-11-7-19-16(21)13-20-17(23)14-5-9-22(10-6-14)18(24)15-4-3-12-25-15/h7,11,14-15H,2-6,8-10,12-13H2,1H3,(H,20,23)/t15-/m0/s1. The molecule has 2 aliphatic rings. The van der Waals surface area contributed by atoms with Gasteiger partial charge in [-0.05, 0) is 32.1 Å². The summed E-state index contributed by atoms with van der Waals surface area (Å²) < 4.78 is 7.55. The van der Waals surface area contributed by atoms with Gasteiger partial charge in [0.2, 0.25) is 5.91 Å². The van der Waals surface area contributed by atoms with E-state index in [0.717, 1.165) is 31.6 Å². The summed E-state index contributed by atoms with van der Waals surface area (Å²) in [6.07, 6.45) is 7.71. The van der Waals surface area contributed by atoms with Gasteiger partial charge in [0, 0.05) is 44.6 Å². The van der Waals surface area contributed by atoms with Crippen molar-refractivity contribution in [2.75, 3.05) is 19.7 Å². The molecule has 0 bridgehead atoms. The molecule has 3 heterocycles. The fourth-order valence-corrected chi connectivity index (χ4v) is 3.60. The van der Waals surface area contributed by atoms with Crippen molar-refractivity contribution in [2.24, 2.45) is 5.92 Å². The summed E-state index contributed by atoms with van der Waals surface area (Å²) in [5.41, 5.74) is 0. The Morgan fingerprint density at radius 1 is 1.32 bits per heavy atom. The molecule has 0 saturated carbocycles. The smallest absolute Gasteiger partial charge is 0.251 e. The van der Waals surface area contributed by atoms with Crippen molar-refractivity contribution in [1.29, 1.82) is 0 Å². The van der Waals surface area contributed by atoms with E-state index < -0.39 is 0 Å². The number of piperidine rings is 1. The Kier molecular flexibility index (Phi) is 6.07. The lowest BCUT2D eigenvalue weighted by Gasteiger charge is -2.32. The van der Waals surface area contributed by atoms with Crippen molar-refractivity contribution >= 4 is 11.8 Å². The molecule has 1 aromatic heterocycles. The van der Waals surface area contributed by atoms with Gasteiger partial charge >= 0.3 is 0 Å². The van der Waals surface area contributed by atoms with E-state index in [1.165, 1.54) is 0 Å². The van der Waals surface area contributed by atoms with Crippen LogP contribution in [-0.4, -0.2) is 52.1 Å². The van der Waals surface area contributed by atoms with E-state index in [9.17, 15) is 9.59 Å². The Morgan fingerprint density at radius 2 is 2.12 bits per heavy atom. The Morgan fingerprint density at radius 3 is 2.80 bits per heavy atom. The molecule has 0 radical (unpaired) electrons. The highest BCUT2D eigenvalue weighted by molar-refractivity contribution is 5.82. The first-order chi connectivity index (χ1) is 12.2. The van der Waals surface area contributed by atoms with E-state index in [2.05, 4.69) is 21.8 Å². The van der Waals surface area contributed by atoms with E-state index in [1.807, 2.05) is 11.1 Å². The lowest BCUT2D eigenvalue weighted by atomic mass is 9.95. The largest absolute Gasteiger partial charge is 0.368 e. The van der Waals surface area contributed by atoms with Crippen molar-refractivity contribution in [1.82, 2.24) is 19.8 Å². The molecule has 1 aromatic rings. The number of imidazole rings is 1. The van der Waals surface area contributed by atoms with Crippen molar-refractivity contribution < 1.29 is 14.3 Å². The van der Waals surface area contributed by atoms with Crippen LogP contribution in [0.15, 0.2) is 12.4 Å². The van der Waals surface area contributed by atoms with Gasteiger partial charge in [-0.15, -0.1) is 0 Å². The fraction of sp³-hybridized carbons (Fsp3) is 0.722. The maximum absolute atomic E-state index is 12.4. The zero-order valence-electron chi connectivity index (χ0n) is 14.9. The van der Waals surface area contributed by atoms with Crippen LogP contribution < -0.4 is 5.32 Å². The summed E-state index contributed by atoms with van der Waals surface area (Å²) in [5.74, 6) is 1.03. The van der Waals surface area contributed by atoms with Crippen molar-refractivity contribution in [3.63, 3.8) is 0 Å². The Hall–Kier alpha value is -1.89. The van der Waals surface area contributed by atoms with Gasteiger partial charge in [0.1, 0.15) is 11.9 Å². The number of amides is 2. The maximum Gasteiger partial charge on any atom is 0.251 e. The quantitative estimate of drug-likeness (QED) is 0.841. The molecule has 25 heavy (non-hydrogen) atoms. The maximum atomic E-state index is 12.4. The molecule has 3 rings (SSSR count). The molecule has 0 aromatic carbocycles. The second-order valence-corrected chi connectivity index (χ2v) is 6.86. The highest BCUT2D eigenvalue weighted by Crippen LogP contribution is 2.21. The topological polar surface area (TPSA) is 76.5 Å². The van der Waals surface area contributed by atoms with Crippen molar-refractivity contribution in [2.45, 2.75) is 58.2 Å². The molecule has 0 aliphatic carbocycles. The average molecular weight is 348 g/mol. The van der Waals surface area contributed by atoms with Crippen LogP contribution in [-0.2, 0) is 27.4 Å². The van der Waals surface area contributed by atoms with Crippen LogP contribution >= 0.6 is 0 Å². The molecule has 2 fully saturated rings. The van der Waals surface area contributed by atoms with Crippen LogP contribution in [0, 0.1) is 5.92 Å². The second-order valence-electron chi connectivity index (χ2n) is 6.86. The van der Waals surface area contributed by atoms with Crippen LogP contribution in [0.2, 0.25) is 0 Å². The highest BCUT2D eigenvalue weighted by atomic mass is 16.5. The molecular formula is C18H28N4O3. The first-order valence-electron chi connectivity index (χ1n) is 9.37. The predicted molar refractivity (Wildman–Crippen MR) is 92.6 cm³/mol. The number of carbonyl (C=O) groups is 2. The number of nitrogens with one attached hydrogen (secondary N) is 1. The minimum Gasteiger partial charge on any atom is -0.368 e. The van der Waals surface area contributed by atoms with Crippen LogP contribution in [0.1, 0.15) is 44.9 Å². The Labute approximate surface area is 148 Å². The van der Waals surface area contributed by atoms with E-state index in [0.29, 0.717) is 39.1 Å². The van der Waals surface area contributed by atoms with Gasteiger partial charge in [0.15, 0.2) is 0 Å². The molecule has 1 N–H and O–H groups in total. The van der Waals surface area contributed by atoms with E-state index in [-0.39, 0.29) is 23.8 Å². The number of aryl methyl sites for hydroxylation is 1. The molecule has 7 heteroatoms. The van der Waals surface area contributed by atoms with E-state index >= 15 is 0 Å². The minimum atomic E-state index is -0.261. The van der Waals surface area contributed by atoms with Crippen LogP contribution in [0.5, 0.6) is 0 Å². The number of ether oxygens (including phenoxy) is 1. The summed E-state index contributed by atoms with van der Waals surface area (Å²) in [7, 11) is 0. The monoisotopic (exact) mass is 348 g/mol. The Bertz CT molecular complexity index is 587. The van der Waals surface area contributed by atoms with Gasteiger partial charge in [-0.25, -0.2) is 4.98 Å². The van der Waals surface area contributed by atoms with Gasteiger partial charge in [-0.3, -0.25) is 9.59 Å². The van der Waals surface area contributed by atoms with E-state index in [4.69, 9.17) is 4.74 Å². The third-order valence-electron chi connectivity index (χ3n) is 5.07. The van der Waals surface area contributed by atoms with Crippen molar-refractivity contribution in [3.8, 4) is 0 Å². The number of hydrogen-bond donors (Lipinski definition) is 1. The summed E-state index contributed by atoms with van der Waals surface area (Å²) in [5, 5.41) is 3.00. The summed E-state index contributed by atoms with van der Waals surface area (Å²) in [6.45, 7) is 5.45. The molecule has 0 unspecified atom stereocenters. The molecular weight excluding hydrogens is 320 g/mol. The SMILES string of the molecule is CCCn1ccnc1CNC(=O)C1CCN(C(=O)[C@@H]2CCCO2)CC1. The van der Waals surface area contributed by atoms with Crippen LogP contribution in [0.25, 0.3) is 0 Å². The number of nitrogens with zero attached hydrogens (tertiary/aromatic N) is 3. The summed E-state index contributed by atoms with van der Waals surface area (Å²) >= 11 is 0. The summed E-state index contributed by atoms with van der Waals surface area (Å²) in [6, 6.07) is 0. The van der Waals surface area contributed by atoms with Crippen LogP contribution in [0.4, 0.5) is 0 Å². The minimum absolute atomic E-state index is 0.0249. The number of carbonyl (C=O) groups excluding carboxylic acids is 2. The lowest BCUT2D eigenvalue weighted by molar-refractivity contribution is -0.143. The lowest BCUT2D eigenvalue weighted by Crippen LogP contribution is -2.46. The fourth-order valence-electron chi connectivity index (χ4n) is 3.60. The zero-order valence-corrected chi connectivity index (χ0v) is 14.9. The summed E-state index contributed by atoms with van der Waals surface area (Å²) in [4.78, 5) is 30.9. The molecule has 2 amide bonds. The second kappa shape index (κ2) is 8.47. The highest BCUT2D eigenvalue weighted by Gasteiger charge is 2.32. The average Bonchev–Trinajstić information content (AvgIpc) is 3.31. The molecule has 138 valence electrons. The number of rotatable bonds is 6. The predicted octanol–water partition coefficient (Wildman–Crippen LogP) is 1.33. The van der Waals surface area contributed by atoms with Gasteiger partial charge < -0.3 is 19.5 Å². The molecule has 1 atom stereocenters. The van der Waals surface area contributed by atoms with Crippen molar-refractivity contribution in [3.05, 3.63) is 18.2 Å². The molecule has 2 saturated heterocycles. The molecule has 0 spiro atoms. The number of hydrogen-bond acceptors (Lipinski definition) is 4. The van der Waals surface area contributed by atoms with Gasteiger partial charge in [-0.1, -0.05) is 6.92 Å². The molecule has 7 nitrogen and oxygen atoms in total. The number of aromatic nitrogens is 2. The Balaban J connectivity index is 1.43. The third kappa shape index (κ3) is 4.39. The van der Waals surface area contributed by atoms with Crippen LogP contribution in [0.3, 0.4) is 0 Å². The normalized spacial score (nSPS) is 21.5. The first kappa shape index (κ1) is 17.9. The first-order valence-corrected chi connectivity index (χ1v) is 9.37. The third-order valence-corrected chi connectivity index (χ3v) is 5.07. The number of likely N-dealkylation sites (tertiary alicyclic amines) is 1. The van der Waals surface area contributed by atoms with Gasteiger partial charge in [-0.2, -0.15) is 0 Å². The van der Waals surface area contributed by atoms with Gasteiger partial charge in [0.25, 0.3) is 5.91 Å². The van der Waals surface area contributed by atoms with E-state index in [1.54, 1.807) is 6.20 Å².